The van der Waals surface area contributed by atoms with Gasteiger partial charge in [-0.3, -0.25) is 4.68 Å². The van der Waals surface area contributed by atoms with Gasteiger partial charge in [0.05, 0.1) is 19.3 Å². The topological polar surface area (TPSA) is 56.3 Å². The Kier molecular flexibility index (Phi) is 4.57. The number of hydrogen-bond donors (Lipinski definition) is 1. The Morgan fingerprint density at radius 2 is 1.91 bits per heavy atom. The molecule has 3 rings (SSSR count). The minimum absolute atomic E-state index is 0.488. The summed E-state index contributed by atoms with van der Waals surface area (Å²) in [5, 5.41) is 4.59. The van der Waals surface area contributed by atoms with E-state index in [1.54, 1.807) is 7.11 Å². The van der Waals surface area contributed by atoms with E-state index in [1.807, 2.05) is 24.4 Å². The maximum absolute atomic E-state index is 5.95. The fourth-order valence-corrected chi connectivity index (χ4v) is 3.26. The molecule has 0 spiro atoms. The van der Waals surface area contributed by atoms with E-state index in [9.17, 15) is 0 Å². The van der Waals surface area contributed by atoms with Gasteiger partial charge in [0.25, 0.3) is 0 Å². The van der Waals surface area contributed by atoms with Crippen LogP contribution in [-0.2, 0) is 0 Å². The van der Waals surface area contributed by atoms with Gasteiger partial charge in [0, 0.05) is 42.6 Å². The van der Waals surface area contributed by atoms with E-state index in [4.69, 9.17) is 10.5 Å². The Bertz CT molecular complexity index is 657. The molecule has 5 nitrogen and oxygen atoms in total. The smallest absolute Gasteiger partial charge is 0.121 e. The van der Waals surface area contributed by atoms with Crippen molar-refractivity contribution in [3.8, 4) is 16.9 Å². The molecule has 124 valence electrons. The van der Waals surface area contributed by atoms with Crippen molar-refractivity contribution in [1.29, 1.82) is 0 Å². The highest BCUT2D eigenvalue weighted by Gasteiger charge is 2.22. The first-order valence-electron chi connectivity index (χ1n) is 8.30. The zero-order valence-electron chi connectivity index (χ0n) is 14.2. The number of anilines is 1. The molecule has 5 heteroatoms. The first-order chi connectivity index (χ1) is 11.1. The van der Waals surface area contributed by atoms with Crippen molar-refractivity contribution < 1.29 is 4.74 Å². The Morgan fingerprint density at radius 3 is 2.57 bits per heavy atom. The molecule has 1 aliphatic rings. The molecule has 1 fully saturated rings. The highest BCUT2D eigenvalue weighted by atomic mass is 16.5. The van der Waals surface area contributed by atoms with Crippen molar-refractivity contribution in [2.75, 3.05) is 25.9 Å². The minimum atomic E-state index is 0.488. The summed E-state index contributed by atoms with van der Waals surface area (Å²) < 4.78 is 7.42. The van der Waals surface area contributed by atoms with Gasteiger partial charge in [-0.1, -0.05) is 0 Å². The monoisotopic (exact) mass is 314 g/mol. The summed E-state index contributed by atoms with van der Waals surface area (Å²) in [7, 11) is 1.66. The maximum Gasteiger partial charge on any atom is 0.121 e. The average molecular weight is 314 g/mol. The lowest BCUT2D eigenvalue weighted by molar-refractivity contribution is 0.147. The van der Waals surface area contributed by atoms with Crippen LogP contribution in [0.25, 0.3) is 11.1 Å². The third-order valence-corrected chi connectivity index (χ3v) is 4.70. The molecule has 0 saturated carbocycles. The van der Waals surface area contributed by atoms with E-state index in [0.717, 1.165) is 42.8 Å². The molecular weight excluding hydrogens is 288 g/mol. The van der Waals surface area contributed by atoms with Gasteiger partial charge in [-0.15, -0.1) is 0 Å². The summed E-state index contributed by atoms with van der Waals surface area (Å²) in [6.07, 6.45) is 6.35. The second-order valence-corrected chi connectivity index (χ2v) is 6.56. The molecule has 2 heterocycles. The number of piperidine rings is 1. The van der Waals surface area contributed by atoms with Crippen molar-refractivity contribution in [2.24, 2.45) is 0 Å². The lowest BCUT2D eigenvalue weighted by Crippen LogP contribution is -2.39. The third-order valence-electron chi connectivity index (χ3n) is 4.70. The molecule has 1 saturated heterocycles. The molecule has 1 aliphatic heterocycles. The van der Waals surface area contributed by atoms with Crippen molar-refractivity contribution in [3.05, 3.63) is 30.6 Å². The number of nitrogens with zero attached hydrogens (tertiary/aromatic N) is 3. The summed E-state index contributed by atoms with van der Waals surface area (Å²) in [5.41, 5.74) is 8.79. The number of aromatic nitrogens is 2. The Labute approximate surface area is 138 Å². The van der Waals surface area contributed by atoms with Crippen LogP contribution >= 0.6 is 0 Å². The maximum atomic E-state index is 5.95. The number of likely N-dealkylation sites (tertiary alicyclic amines) is 1. The summed E-state index contributed by atoms with van der Waals surface area (Å²) in [6.45, 7) is 6.81. The fourth-order valence-electron chi connectivity index (χ4n) is 3.26. The number of hydrogen-bond acceptors (Lipinski definition) is 4. The van der Waals surface area contributed by atoms with Crippen LogP contribution in [0.4, 0.5) is 5.69 Å². The Morgan fingerprint density at radius 1 is 1.17 bits per heavy atom. The van der Waals surface area contributed by atoms with Crippen LogP contribution in [0.5, 0.6) is 5.75 Å². The van der Waals surface area contributed by atoms with Gasteiger partial charge in [-0.25, -0.2) is 0 Å². The highest BCUT2D eigenvalue weighted by Crippen LogP contribution is 2.29. The van der Waals surface area contributed by atoms with E-state index in [-0.39, 0.29) is 0 Å². The summed E-state index contributed by atoms with van der Waals surface area (Å²) in [5.74, 6) is 0.776. The third kappa shape index (κ3) is 3.50. The average Bonchev–Trinajstić information content (AvgIpc) is 3.04. The van der Waals surface area contributed by atoms with Crippen LogP contribution in [0.1, 0.15) is 32.7 Å². The van der Waals surface area contributed by atoms with Crippen molar-refractivity contribution in [2.45, 2.75) is 38.8 Å². The fraction of sp³-hybridized carbons (Fsp3) is 0.500. The van der Waals surface area contributed by atoms with Gasteiger partial charge in [0.1, 0.15) is 5.75 Å². The van der Waals surface area contributed by atoms with Crippen LogP contribution in [-0.4, -0.2) is 40.9 Å². The lowest BCUT2D eigenvalue weighted by Gasteiger charge is -2.34. The van der Waals surface area contributed by atoms with Crippen LogP contribution < -0.4 is 10.5 Å². The molecule has 0 bridgehead atoms. The normalized spacial score (nSPS) is 16.9. The van der Waals surface area contributed by atoms with Crippen molar-refractivity contribution >= 4 is 5.69 Å². The number of nitrogen functional groups attached to an aromatic ring is 1. The molecule has 0 radical (unpaired) electrons. The van der Waals surface area contributed by atoms with Crippen molar-refractivity contribution in [3.63, 3.8) is 0 Å². The number of rotatable bonds is 4. The molecule has 0 unspecified atom stereocenters. The van der Waals surface area contributed by atoms with Crippen LogP contribution in [0.15, 0.2) is 30.6 Å². The predicted molar refractivity (Wildman–Crippen MR) is 93.6 cm³/mol. The van der Waals surface area contributed by atoms with E-state index >= 15 is 0 Å². The Hall–Kier alpha value is -2.01. The molecule has 2 aromatic rings. The number of ether oxygens (including phenoxy) is 1. The first kappa shape index (κ1) is 15.9. The van der Waals surface area contributed by atoms with Gasteiger partial charge in [-0.2, -0.15) is 5.10 Å². The second-order valence-electron chi connectivity index (χ2n) is 6.56. The van der Waals surface area contributed by atoms with E-state index in [1.165, 1.54) is 0 Å². The number of benzene rings is 1. The quantitative estimate of drug-likeness (QED) is 0.881. The molecule has 2 N–H and O–H groups in total. The largest absolute Gasteiger partial charge is 0.497 e. The Balaban J connectivity index is 1.75. The summed E-state index contributed by atoms with van der Waals surface area (Å²) >= 11 is 0. The molecule has 0 amide bonds. The minimum Gasteiger partial charge on any atom is -0.497 e. The number of nitrogens with two attached hydrogens (primary N) is 1. The number of methoxy groups -OCH3 is 1. The van der Waals surface area contributed by atoms with E-state index in [0.29, 0.717) is 17.8 Å². The molecule has 0 aliphatic carbocycles. The zero-order chi connectivity index (χ0) is 16.4. The standard InChI is InChI=1S/C18H26N4O/c1-13(2)21-6-4-17(5-7-21)22-12-15(11-20-22)14-8-16(19)10-18(9-14)23-3/h8-13,17H,4-7,19H2,1-3H3. The van der Waals surface area contributed by atoms with Crippen LogP contribution in [0, 0.1) is 0 Å². The van der Waals surface area contributed by atoms with Gasteiger partial charge in [0.15, 0.2) is 0 Å². The first-order valence-corrected chi connectivity index (χ1v) is 8.30. The molecule has 23 heavy (non-hydrogen) atoms. The van der Waals surface area contributed by atoms with Crippen LogP contribution in [0.3, 0.4) is 0 Å². The summed E-state index contributed by atoms with van der Waals surface area (Å²) in [4.78, 5) is 2.53. The van der Waals surface area contributed by atoms with Gasteiger partial charge in [-0.05, 0) is 44.4 Å². The lowest BCUT2D eigenvalue weighted by atomic mass is 10.0. The van der Waals surface area contributed by atoms with Gasteiger partial charge in [0.2, 0.25) is 0 Å². The van der Waals surface area contributed by atoms with E-state index in [2.05, 4.69) is 34.7 Å². The zero-order valence-corrected chi connectivity index (χ0v) is 14.2. The predicted octanol–water partition coefficient (Wildman–Crippen LogP) is 3.19. The van der Waals surface area contributed by atoms with Crippen molar-refractivity contribution in [1.82, 2.24) is 14.7 Å². The highest BCUT2D eigenvalue weighted by molar-refractivity contribution is 5.68. The van der Waals surface area contributed by atoms with Gasteiger partial charge < -0.3 is 15.4 Å². The molecule has 1 aromatic heterocycles. The SMILES string of the molecule is COc1cc(N)cc(-c2cnn(C3CCN(C(C)C)CC3)c2)c1. The van der Waals surface area contributed by atoms with Gasteiger partial charge >= 0.3 is 0 Å². The van der Waals surface area contributed by atoms with Crippen LogP contribution in [0.2, 0.25) is 0 Å². The second kappa shape index (κ2) is 6.62. The van der Waals surface area contributed by atoms with E-state index < -0.39 is 0 Å². The summed E-state index contributed by atoms with van der Waals surface area (Å²) in [6, 6.07) is 6.91. The molecular formula is C18H26N4O. The molecule has 1 aromatic carbocycles. The molecule has 0 atom stereocenters.